The highest BCUT2D eigenvalue weighted by atomic mass is 16.5. The molecule has 1 heterocycles. The first kappa shape index (κ1) is 14.0. The molecule has 3 rings (SSSR count). The molecule has 0 unspecified atom stereocenters. The van der Waals surface area contributed by atoms with Crippen LogP contribution in [0, 0.1) is 0 Å². The summed E-state index contributed by atoms with van der Waals surface area (Å²) < 4.78 is 6.84. The Kier molecular flexibility index (Phi) is 3.70. The maximum Gasteiger partial charge on any atom is 0.182 e. The number of aromatic nitrogens is 3. The van der Waals surface area contributed by atoms with Gasteiger partial charge in [0.05, 0.1) is 12.8 Å². The average molecular weight is 293 g/mol. The monoisotopic (exact) mass is 293 g/mol. The lowest BCUT2D eigenvalue weighted by molar-refractivity contribution is 0.101. The number of hydrogen-bond acceptors (Lipinski definition) is 4. The van der Waals surface area contributed by atoms with Gasteiger partial charge in [0.25, 0.3) is 0 Å². The number of ether oxygens (including phenoxy) is 1. The van der Waals surface area contributed by atoms with Crippen molar-refractivity contribution in [2.45, 2.75) is 6.92 Å². The van der Waals surface area contributed by atoms with E-state index in [1.54, 1.807) is 11.8 Å². The van der Waals surface area contributed by atoms with Crippen molar-refractivity contribution < 1.29 is 9.53 Å². The molecule has 3 aromatic rings. The first-order chi connectivity index (χ1) is 10.7. The van der Waals surface area contributed by atoms with Crippen molar-refractivity contribution in [1.82, 2.24) is 15.0 Å². The standard InChI is InChI=1S/C17H15N3O2/c1-12(21)16-17(13-6-4-3-5-7-13)20(19-18-16)14-8-10-15(22-2)11-9-14/h3-11H,1-2H3. The van der Waals surface area contributed by atoms with E-state index >= 15 is 0 Å². The summed E-state index contributed by atoms with van der Waals surface area (Å²) in [6.07, 6.45) is 0. The van der Waals surface area contributed by atoms with Gasteiger partial charge in [-0.3, -0.25) is 4.79 Å². The molecule has 0 saturated carbocycles. The topological polar surface area (TPSA) is 57.0 Å². The second-order valence-corrected chi connectivity index (χ2v) is 4.82. The van der Waals surface area contributed by atoms with E-state index in [0.717, 1.165) is 17.0 Å². The first-order valence-electron chi connectivity index (χ1n) is 6.87. The molecule has 0 atom stereocenters. The van der Waals surface area contributed by atoms with Crippen molar-refractivity contribution in [2.75, 3.05) is 7.11 Å². The number of nitrogens with zero attached hydrogens (tertiary/aromatic N) is 3. The summed E-state index contributed by atoms with van der Waals surface area (Å²) in [5, 5.41) is 8.19. The molecule has 22 heavy (non-hydrogen) atoms. The van der Waals surface area contributed by atoms with Crippen LogP contribution >= 0.6 is 0 Å². The molecule has 5 heteroatoms. The second-order valence-electron chi connectivity index (χ2n) is 4.82. The Labute approximate surface area is 128 Å². The van der Waals surface area contributed by atoms with Crippen LogP contribution < -0.4 is 4.74 Å². The number of benzene rings is 2. The average Bonchev–Trinajstić information content (AvgIpc) is 3.01. The summed E-state index contributed by atoms with van der Waals surface area (Å²) in [4.78, 5) is 11.8. The highest BCUT2D eigenvalue weighted by Gasteiger charge is 2.19. The fourth-order valence-corrected chi connectivity index (χ4v) is 2.28. The fourth-order valence-electron chi connectivity index (χ4n) is 2.28. The van der Waals surface area contributed by atoms with E-state index in [9.17, 15) is 4.79 Å². The van der Waals surface area contributed by atoms with Crippen LogP contribution in [0.5, 0.6) is 5.75 Å². The van der Waals surface area contributed by atoms with Crippen LogP contribution in [0.3, 0.4) is 0 Å². The minimum atomic E-state index is -0.112. The molecule has 0 aliphatic rings. The Balaban J connectivity index is 2.17. The summed E-state index contributed by atoms with van der Waals surface area (Å²) in [5.74, 6) is 0.649. The molecule has 0 amide bonds. The lowest BCUT2D eigenvalue weighted by Crippen LogP contribution is -2.01. The number of Topliss-reactive ketones (excluding diaryl/α,β-unsaturated/α-hetero) is 1. The second kappa shape index (κ2) is 5.81. The molecule has 0 aliphatic heterocycles. The molecule has 0 spiro atoms. The third kappa shape index (κ3) is 2.48. The molecular weight excluding hydrogens is 278 g/mol. The van der Waals surface area contributed by atoms with Crippen LogP contribution in [0.2, 0.25) is 0 Å². The maximum absolute atomic E-state index is 11.8. The van der Waals surface area contributed by atoms with Crippen molar-refractivity contribution in [3.05, 3.63) is 60.3 Å². The molecule has 1 aromatic heterocycles. The van der Waals surface area contributed by atoms with E-state index in [4.69, 9.17) is 4.74 Å². The highest BCUT2D eigenvalue weighted by molar-refractivity contribution is 5.98. The quantitative estimate of drug-likeness (QED) is 0.693. The molecule has 5 nitrogen and oxygen atoms in total. The van der Waals surface area contributed by atoms with Crippen LogP contribution in [-0.2, 0) is 0 Å². The van der Waals surface area contributed by atoms with E-state index in [1.165, 1.54) is 6.92 Å². The van der Waals surface area contributed by atoms with Gasteiger partial charge in [-0.2, -0.15) is 0 Å². The number of rotatable bonds is 4. The molecule has 0 N–H and O–H groups in total. The Morgan fingerprint density at radius 2 is 1.73 bits per heavy atom. The minimum Gasteiger partial charge on any atom is -0.497 e. The third-order valence-corrected chi connectivity index (χ3v) is 3.37. The van der Waals surface area contributed by atoms with Gasteiger partial charge >= 0.3 is 0 Å². The highest BCUT2D eigenvalue weighted by Crippen LogP contribution is 2.26. The Bertz CT molecular complexity index is 793. The van der Waals surface area contributed by atoms with E-state index in [1.807, 2.05) is 54.6 Å². The lowest BCUT2D eigenvalue weighted by atomic mass is 10.1. The molecule has 0 aliphatic carbocycles. The van der Waals surface area contributed by atoms with Crippen molar-refractivity contribution in [2.24, 2.45) is 0 Å². The van der Waals surface area contributed by atoms with E-state index in [2.05, 4.69) is 10.3 Å². The van der Waals surface area contributed by atoms with Crippen molar-refractivity contribution in [1.29, 1.82) is 0 Å². The van der Waals surface area contributed by atoms with Gasteiger partial charge in [0, 0.05) is 12.5 Å². The van der Waals surface area contributed by atoms with Crippen molar-refractivity contribution in [3.8, 4) is 22.7 Å². The van der Waals surface area contributed by atoms with Gasteiger partial charge in [-0.15, -0.1) is 5.10 Å². The van der Waals surface area contributed by atoms with E-state index in [0.29, 0.717) is 11.4 Å². The van der Waals surface area contributed by atoms with Crippen LogP contribution in [0.1, 0.15) is 17.4 Å². The van der Waals surface area contributed by atoms with Gasteiger partial charge < -0.3 is 4.74 Å². The van der Waals surface area contributed by atoms with Gasteiger partial charge in [0.2, 0.25) is 0 Å². The SMILES string of the molecule is COc1ccc(-n2nnc(C(C)=O)c2-c2ccccc2)cc1. The predicted molar refractivity (Wildman–Crippen MR) is 83.4 cm³/mol. The zero-order valence-corrected chi connectivity index (χ0v) is 12.4. The Hall–Kier alpha value is -2.95. The molecule has 2 aromatic carbocycles. The predicted octanol–water partition coefficient (Wildman–Crippen LogP) is 3.15. The van der Waals surface area contributed by atoms with Gasteiger partial charge in [0.1, 0.15) is 11.4 Å². The van der Waals surface area contributed by atoms with Crippen LogP contribution in [0.4, 0.5) is 0 Å². The summed E-state index contributed by atoms with van der Waals surface area (Å²) in [6.45, 7) is 1.49. The van der Waals surface area contributed by atoms with Gasteiger partial charge in [0.15, 0.2) is 11.5 Å². The number of carbonyl (C=O) groups is 1. The van der Waals surface area contributed by atoms with Crippen molar-refractivity contribution in [3.63, 3.8) is 0 Å². The summed E-state index contributed by atoms with van der Waals surface area (Å²) >= 11 is 0. The van der Waals surface area contributed by atoms with E-state index in [-0.39, 0.29) is 5.78 Å². The van der Waals surface area contributed by atoms with Crippen LogP contribution in [0.25, 0.3) is 16.9 Å². The molecular formula is C17H15N3O2. The summed E-state index contributed by atoms with van der Waals surface area (Å²) in [6, 6.07) is 17.1. The lowest BCUT2D eigenvalue weighted by Gasteiger charge is -2.08. The van der Waals surface area contributed by atoms with Crippen LogP contribution in [0.15, 0.2) is 54.6 Å². The van der Waals surface area contributed by atoms with Crippen molar-refractivity contribution >= 4 is 5.78 Å². The molecule has 0 saturated heterocycles. The Morgan fingerprint density at radius 1 is 1.05 bits per heavy atom. The number of hydrogen-bond donors (Lipinski definition) is 0. The zero-order chi connectivity index (χ0) is 15.5. The smallest absolute Gasteiger partial charge is 0.182 e. The van der Waals surface area contributed by atoms with Gasteiger partial charge in [-0.1, -0.05) is 35.5 Å². The maximum atomic E-state index is 11.8. The zero-order valence-electron chi connectivity index (χ0n) is 12.4. The number of ketones is 1. The molecule has 110 valence electrons. The Morgan fingerprint density at radius 3 is 2.32 bits per heavy atom. The summed E-state index contributed by atoms with van der Waals surface area (Å²) in [7, 11) is 1.62. The fraction of sp³-hybridized carbons (Fsp3) is 0.118. The number of methoxy groups -OCH3 is 1. The molecule has 0 bridgehead atoms. The van der Waals surface area contributed by atoms with Gasteiger partial charge in [-0.25, -0.2) is 4.68 Å². The van der Waals surface area contributed by atoms with E-state index < -0.39 is 0 Å². The molecule has 0 radical (unpaired) electrons. The third-order valence-electron chi connectivity index (χ3n) is 3.37. The molecule has 0 fully saturated rings. The number of carbonyl (C=O) groups excluding carboxylic acids is 1. The minimum absolute atomic E-state index is 0.112. The first-order valence-corrected chi connectivity index (χ1v) is 6.87. The summed E-state index contributed by atoms with van der Waals surface area (Å²) in [5.41, 5.74) is 2.77. The van der Waals surface area contributed by atoms with Gasteiger partial charge in [-0.05, 0) is 24.3 Å². The largest absolute Gasteiger partial charge is 0.497 e. The van der Waals surface area contributed by atoms with Crippen LogP contribution in [-0.4, -0.2) is 27.9 Å². The normalized spacial score (nSPS) is 10.5.